The first kappa shape index (κ1) is 15.1. The van der Waals surface area contributed by atoms with Crippen LogP contribution in [0.4, 0.5) is 17.6 Å². The molecule has 110 valence electrons. The van der Waals surface area contributed by atoms with Crippen molar-refractivity contribution in [2.24, 2.45) is 0 Å². The van der Waals surface area contributed by atoms with E-state index in [0.29, 0.717) is 11.0 Å². The summed E-state index contributed by atoms with van der Waals surface area (Å²) >= 11 is 5.91. The van der Waals surface area contributed by atoms with Gasteiger partial charge in [0.15, 0.2) is 0 Å². The molecule has 0 spiro atoms. The van der Waals surface area contributed by atoms with Crippen molar-refractivity contribution in [1.29, 1.82) is 0 Å². The maximum Gasteiger partial charge on any atom is 0.324 e. The van der Waals surface area contributed by atoms with Gasteiger partial charge in [0.1, 0.15) is 5.82 Å². The van der Waals surface area contributed by atoms with Crippen LogP contribution in [0.15, 0.2) is 18.2 Å². The summed E-state index contributed by atoms with van der Waals surface area (Å²) in [6, 6.07) is 5.06. The molecule has 1 atom stereocenters. The summed E-state index contributed by atoms with van der Waals surface area (Å²) in [6.07, 6.45) is -3.73. The Morgan fingerprint density at radius 1 is 1.35 bits per heavy atom. The summed E-state index contributed by atoms with van der Waals surface area (Å²) in [6.45, 7) is 2.20. The van der Waals surface area contributed by atoms with Gasteiger partial charge in [0.2, 0.25) is 0 Å². The van der Waals surface area contributed by atoms with Gasteiger partial charge in [-0.1, -0.05) is 6.07 Å². The maximum atomic E-state index is 13.3. The monoisotopic (exact) mass is 308 g/mol. The van der Waals surface area contributed by atoms with Crippen LogP contribution >= 0.6 is 11.6 Å². The average Bonchev–Trinajstić information content (AvgIpc) is 2.67. The van der Waals surface area contributed by atoms with Crippen molar-refractivity contribution in [2.45, 2.75) is 38.1 Å². The lowest BCUT2D eigenvalue weighted by atomic mass is 10.2. The van der Waals surface area contributed by atoms with E-state index < -0.39 is 24.3 Å². The molecule has 2 nitrogen and oxygen atoms in total. The Kier molecular flexibility index (Phi) is 3.95. The Morgan fingerprint density at radius 2 is 2.00 bits per heavy atom. The zero-order chi connectivity index (χ0) is 15.1. The Balaban J connectivity index is 2.59. The van der Waals surface area contributed by atoms with E-state index in [2.05, 4.69) is 4.98 Å². The zero-order valence-corrected chi connectivity index (χ0v) is 11.6. The first-order chi connectivity index (χ1) is 9.22. The smallest absolute Gasteiger partial charge is 0.320 e. The SMILES string of the molecule is Cc1ccc2nc(C(C)Cl)n(CC(F)(F)C(F)F)c2c1. The van der Waals surface area contributed by atoms with Crippen molar-refractivity contribution < 1.29 is 17.6 Å². The van der Waals surface area contributed by atoms with Crippen LogP contribution < -0.4 is 0 Å². The van der Waals surface area contributed by atoms with Gasteiger partial charge < -0.3 is 4.57 Å². The summed E-state index contributed by atoms with van der Waals surface area (Å²) in [4.78, 5) is 4.15. The molecule has 2 aromatic rings. The summed E-state index contributed by atoms with van der Waals surface area (Å²) in [7, 11) is 0. The third-order valence-electron chi connectivity index (χ3n) is 2.98. The van der Waals surface area contributed by atoms with E-state index in [1.54, 1.807) is 32.0 Å². The van der Waals surface area contributed by atoms with Crippen LogP contribution in [0.1, 0.15) is 23.7 Å². The van der Waals surface area contributed by atoms with Gasteiger partial charge in [0.25, 0.3) is 0 Å². The number of hydrogen-bond acceptors (Lipinski definition) is 1. The molecule has 0 fully saturated rings. The molecular weight excluding hydrogens is 296 g/mol. The lowest BCUT2D eigenvalue weighted by Crippen LogP contribution is -2.32. The number of hydrogen-bond donors (Lipinski definition) is 0. The molecule has 7 heteroatoms. The summed E-state index contributed by atoms with van der Waals surface area (Å²) in [5.74, 6) is -3.97. The molecule has 0 bridgehead atoms. The number of halogens is 5. The molecule has 0 saturated carbocycles. The lowest BCUT2D eigenvalue weighted by Gasteiger charge is -2.18. The molecule has 20 heavy (non-hydrogen) atoms. The van der Waals surface area contributed by atoms with E-state index in [1.807, 2.05) is 0 Å². The fraction of sp³-hybridized carbons (Fsp3) is 0.462. The van der Waals surface area contributed by atoms with Crippen molar-refractivity contribution >= 4 is 22.6 Å². The van der Waals surface area contributed by atoms with E-state index in [9.17, 15) is 17.6 Å². The average molecular weight is 309 g/mol. The number of nitrogens with zero attached hydrogens (tertiary/aromatic N) is 2. The van der Waals surface area contributed by atoms with Crippen molar-refractivity contribution in [3.05, 3.63) is 29.6 Å². The molecular formula is C13H13ClF4N2. The first-order valence-electron chi connectivity index (χ1n) is 5.99. The first-order valence-corrected chi connectivity index (χ1v) is 6.43. The Hall–Kier alpha value is -1.30. The largest absolute Gasteiger partial charge is 0.324 e. The van der Waals surface area contributed by atoms with Crippen molar-refractivity contribution in [3.8, 4) is 0 Å². The van der Waals surface area contributed by atoms with Gasteiger partial charge in [-0.3, -0.25) is 0 Å². The molecule has 0 aliphatic rings. The highest BCUT2D eigenvalue weighted by Crippen LogP contribution is 2.31. The molecule has 1 aromatic carbocycles. The fourth-order valence-corrected chi connectivity index (χ4v) is 2.17. The lowest BCUT2D eigenvalue weighted by molar-refractivity contribution is -0.137. The highest BCUT2D eigenvalue weighted by molar-refractivity contribution is 6.20. The van der Waals surface area contributed by atoms with Crippen LogP contribution in [-0.4, -0.2) is 21.9 Å². The third kappa shape index (κ3) is 2.75. The van der Waals surface area contributed by atoms with E-state index in [-0.39, 0.29) is 5.82 Å². The Morgan fingerprint density at radius 3 is 2.55 bits per heavy atom. The van der Waals surface area contributed by atoms with Crippen LogP contribution in [-0.2, 0) is 6.54 Å². The number of fused-ring (bicyclic) bond motifs is 1. The van der Waals surface area contributed by atoms with Gasteiger partial charge >= 0.3 is 12.3 Å². The summed E-state index contributed by atoms with van der Waals surface area (Å²) < 4.78 is 52.6. The van der Waals surface area contributed by atoms with Crippen LogP contribution in [0.3, 0.4) is 0 Å². The summed E-state index contributed by atoms with van der Waals surface area (Å²) in [5, 5.41) is -0.656. The van der Waals surface area contributed by atoms with Gasteiger partial charge in [-0.25, -0.2) is 13.8 Å². The van der Waals surface area contributed by atoms with Gasteiger partial charge in [-0.15, -0.1) is 11.6 Å². The molecule has 1 aromatic heterocycles. The highest BCUT2D eigenvalue weighted by Gasteiger charge is 2.42. The minimum absolute atomic E-state index is 0.160. The molecule has 1 heterocycles. The normalized spacial score (nSPS) is 14.2. The number of aryl methyl sites for hydroxylation is 1. The van der Waals surface area contributed by atoms with Gasteiger partial charge in [-0.2, -0.15) is 8.78 Å². The molecule has 0 amide bonds. The number of aromatic nitrogens is 2. The quantitative estimate of drug-likeness (QED) is 0.599. The minimum atomic E-state index is -4.13. The van der Waals surface area contributed by atoms with Crippen molar-refractivity contribution in [1.82, 2.24) is 9.55 Å². The number of rotatable bonds is 4. The molecule has 1 unspecified atom stereocenters. The van der Waals surface area contributed by atoms with Gasteiger partial charge in [0, 0.05) is 0 Å². The van der Waals surface area contributed by atoms with Crippen LogP contribution in [0.25, 0.3) is 11.0 Å². The topological polar surface area (TPSA) is 17.8 Å². The van der Waals surface area contributed by atoms with E-state index >= 15 is 0 Å². The zero-order valence-electron chi connectivity index (χ0n) is 10.9. The van der Waals surface area contributed by atoms with Gasteiger partial charge in [0.05, 0.1) is 23.0 Å². The number of alkyl halides is 5. The van der Waals surface area contributed by atoms with E-state index in [4.69, 9.17) is 11.6 Å². The molecule has 0 N–H and O–H groups in total. The predicted molar refractivity (Wildman–Crippen MR) is 69.7 cm³/mol. The molecule has 0 radical (unpaired) electrons. The second kappa shape index (κ2) is 5.24. The van der Waals surface area contributed by atoms with Crippen LogP contribution in [0.5, 0.6) is 0 Å². The Labute approximate surface area is 118 Å². The van der Waals surface area contributed by atoms with Crippen molar-refractivity contribution in [2.75, 3.05) is 0 Å². The Bertz CT molecular complexity index is 622. The second-order valence-electron chi connectivity index (χ2n) is 4.73. The number of benzene rings is 1. The van der Waals surface area contributed by atoms with E-state index in [0.717, 1.165) is 10.1 Å². The minimum Gasteiger partial charge on any atom is -0.320 e. The number of imidazole rings is 1. The summed E-state index contributed by atoms with van der Waals surface area (Å²) in [5.41, 5.74) is 1.67. The molecule has 0 aliphatic heterocycles. The van der Waals surface area contributed by atoms with Crippen LogP contribution in [0, 0.1) is 6.92 Å². The standard InChI is InChI=1S/C13H13ClF4N2/c1-7-3-4-9-10(5-7)20(11(19-9)8(2)14)6-13(17,18)12(15)16/h3-5,8,12H,6H2,1-2H3. The van der Waals surface area contributed by atoms with Crippen LogP contribution in [0.2, 0.25) is 0 Å². The second-order valence-corrected chi connectivity index (χ2v) is 5.38. The molecule has 0 saturated heterocycles. The highest BCUT2D eigenvalue weighted by atomic mass is 35.5. The third-order valence-corrected chi connectivity index (χ3v) is 3.17. The predicted octanol–water partition coefficient (Wildman–Crippen LogP) is 4.54. The van der Waals surface area contributed by atoms with E-state index in [1.165, 1.54) is 0 Å². The van der Waals surface area contributed by atoms with Crippen molar-refractivity contribution in [3.63, 3.8) is 0 Å². The maximum absolute atomic E-state index is 13.3. The fourth-order valence-electron chi connectivity index (χ4n) is 2.00. The molecule has 0 aliphatic carbocycles. The van der Waals surface area contributed by atoms with Gasteiger partial charge in [-0.05, 0) is 31.5 Å². The molecule has 2 rings (SSSR count).